The molecule has 1 fully saturated rings. The van der Waals surface area contributed by atoms with Crippen LogP contribution in [0.15, 0.2) is 24.3 Å². The lowest BCUT2D eigenvalue weighted by Gasteiger charge is -2.35. The predicted molar refractivity (Wildman–Crippen MR) is 77.4 cm³/mol. The molecule has 0 bridgehead atoms. The fourth-order valence-electron chi connectivity index (χ4n) is 3.14. The van der Waals surface area contributed by atoms with E-state index < -0.39 is 0 Å². The monoisotopic (exact) mass is 264 g/mol. The zero-order valence-corrected chi connectivity index (χ0v) is 12.0. The minimum atomic E-state index is -0.247. The zero-order valence-electron chi connectivity index (χ0n) is 12.0. The van der Waals surface area contributed by atoms with Gasteiger partial charge in [-0.05, 0) is 31.9 Å². The second kappa shape index (κ2) is 6.49. The van der Waals surface area contributed by atoms with E-state index >= 15 is 0 Å². The van der Waals surface area contributed by atoms with Crippen LogP contribution in [-0.2, 0) is 0 Å². The maximum Gasteiger partial charge on any atom is 0.128 e. The quantitative estimate of drug-likeness (QED) is 0.903. The van der Waals surface area contributed by atoms with E-state index in [1.807, 2.05) is 6.07 Å². The van der Waals surface area contributed by atoms with Crippen LogP contribution in [0.3, 0.4) is 0 Å². The van der Waals surface area contributed by atoms with E-state index in [0.717, 1.165) is 12.5 Å². The topological polar surface area (TPSA) is 29.3 Å². The lowest BCUT2D eigenvalue weighted by Crippen LogP contribution is -2.39. The highest BCUT2D eigenvalue weighted by Gasteiger charge is 2.24. The normalized spacial score (nSPS) is 25.5. The SMILES string of the molecule is CC1CCCC(N(C)CC(N)c2ccccc2F)C1. The molecule has 0 heterocycles. The molecule has 0 spiro atoms. The third-order valence-electron chi connectivity index (χ3n) is 4.32. The molecule has 1 aromatic carbocycles. The van der Waals surface area contributed by atoms with E-state index in [0.29, 0.717) is 11.6 Å². The standard InChI is InChI=1S/C16H25FN2/c1-12-6-5-7-13(10-12)19(2)11-16(18)14-8-3-4-9-15(14)17/h3-4,8-9,12-13,16H,5-7,10-11,18H2,1-2H3. The molecule has 2 nitrogen and oxygen atoms in total. The second-order valence-electron chi connectivity index (χ2n) is 5.99. The van der Waals surface area contributed by atoms with E-state index in [1.165, 1.54) is 31.7 Å². The first-order valence-corrected chi connectivity index (χ1v) is 7.28. The van der Waals surface area contributed by atoms with Gasteiger partial charge in [-0.15, -0.1) is 0 Å². The Morgan fingerprint density at radius 3 is 2.79 bits per heavy atom. The van der Waals surface area contributed by atoms with Gasteiger partial charge in [-0.2, -0.15) is 0 Å². The Bertz CT molecular complexity index is 407. The number of nitrogens with two attached hydrogens (primary N) is 1. The first-order valence-electron chi connectivity index (χ1n) is 7.28. The van der Waals surface area contributed by atoms with E-state index in [1.54, 1.807) is 12.1 Å². The molecule has 1 aliphatic rings. The van der Waals surface area contributed by atoms with Gasteiger partial charge in [-0.1, -0.05) is 38.0 Å². The number of hydrogen-bond acceptors (Lipinski definition) is 2. The summed E-state index contributed by atoms with van der Waals surface area (Å²) in [4.78, 5) is 2.31. The van der Waals surface area contributed by atoms with Crippen molar-refractivity contribution in [2.45, 2.75) is 44.7 Å². The van der Waals surface area contributed by atoms with Gasteiger partial charge in [0.2, 0.25) is 0 Å². The van der Waals surface area contributed by atoms with Crippen molar-refractivity contribution in [2.75, 3.05) is 13.6 Å². The maximum atomic E-state index is 13.7. The number of hydrogen-bond donors (Lipinski definition) is 1. The number of likely N-dealkylation sites (N-methyl/N-ethyl adjacent to an activating group) is 1. The minimum absolute atomic E-state index is 0.194. The summed E-state index contributed by atoms with van der Waals surface area (Å²) in [7, 11) is 2.11. The predicted octanol–water partition coefficient (Wildman–Crippen LogP) is 3.34. The number of benzene rings is 1. The molecule has 0 radical (unpaired) electrons. The molecule has 2 N–H and O–H groups in total. The van der Waals surface area contributed by atoms with E-state index in [9.17, 15) is 4.39 Å². The van der Waals surface area contributed by atoms with E-state index in [4.69, 9.17) is 5.73 Å². The van der Waals surface area contributed by atoms with Crippen molar-refractivity contribution in [1.29, 1.82) is 0 Å². The van der Waals surface area contributed by atoms with Crippen LogP contribution in [0.1, 0.15) is 44.2 Å². The molecule has 3 unspecified atom stereocenters. The van der Waals surface area contributed by atoms with Crippen LogP contribution >= 0.6 is 0 Å². The molecular weight excluding hydrogens is 239 g/mol. The molecule has 1 aromatic rings. The lowest BCUT2D eigenvalue weighted by molar-refractivity contribution is 0.156. The molecule has 1 saturated carbocycles. The van der Waals surface area contributed by atoms with Crippen molar-refractivity contribution in [1.82, 2.24) is 4.90 Å². The highest BCUT2D eigenvalue weighted by atomic mass is 19.1. The molecule has 0 aliphatic heterocycles. The van der Waals surface area contributed by atoms with Gasteiger partial charge in [0.25, 0.3) is 0 Å². The summed E-state index contributed by atoms with van der Waals surface area (Å²) in [6, 6.07) is 7.18. The third-order valence-corrected chi connectivity index (χ3v) is 4.32. The average molecular weight is 264 g/mol. The Balaban J connectivity index is 1.95. The highest BCUT2D eigenvalue weighted by molar-refractivity contribution is 5.21. The van der Waals surface area contributed by atoms with Gasteiger partial charge < -0.3 is 10.6 Å². The van der Waals surface area contributed by atoms with Gasteiger partial charge in [0, 0.05) is 24.2 Å². The van der Waals surface area contributed by atoms with Crippen LogP contribution in [0, 0.1) is 11.7 Å². The summed E-state index contributed by atoms with van der Waals surface area (Å²) in [6.45, 7) is 3.04. The summed E-state index contributed by atoms with van der Waals surface area (Å²) in [6.07, 6.45) is 5.11. The first-order chi connectivity index (χ1) is 9.08. The number of halogens is 1. The summed E-state index contributed by atoms with van der Waals surface area (Å²) in [5.41, 5.74) is 6.78. The fraction of sp³-hybridized carbons (Fsp3) is 0.625. The Labute approximate surface area is 115 Å². The molecule has 19 heavy (non-hydrogen) atoms. The Morgan fingerprint density at radius 2 is 2.11 bits per heavy atom. The van der Waals surface area contributed by atoms with E-state index in [-0.39, 0.29) is 11.9 Å². The molecule has 3 atom stereocenters. The lowest BCUT2D eigenvalue weighted by atomic mass is 9.86. The fourth-order valence-corrected chi connectivity index (χ4v) is 3.14. The molecule has 1 aliphatic carbocycles. The summed E-state index contributed by atoms with van der Waals surface area (Å²) in [5, 5.41) is 0. The Kier molecular flexibility index (Phi) is 4.94. The van der Waals surface area contributed by atoms with Gasteiger partial charge in [-0.25, -0.2) is 4.39 Å². The van der Waals surface area contributed by atoms with Crippen LogP contribution in [0.25, 0.3) is 0 Å². The van der Waals surface area contributed by atoms with Crippen LogP contribution in [0.4, 0.5) is 4.39 Å². The maximum absolute atomic E-state index is 13.7. The van der Waals surface area contributed by atoms with Crippen LogP contribution < -0.4 is 5.73 Å². The van der Waals surface area contributed by atoms with Crippen molar-refractivity contribution < 1.29 is 4.39 Å². The van der Waals surface area contributed by atoms with Crippen molar-refractivity contribution in [3.05, 3.63) is 35.6 Å². The van der Waals surface area contributed by atoms with Crippen molar-refractivity contribution in [2.24, 2.45) is 11.7 Å². The minimum Gasteiger partial charge on any atom is -0.323 e. The van der Waals surface area contributed by atoms with Gasteiger partial charge in [0.05, 0.1) is 0 Å². The zero-order chi connectivity index (χ0) is 13.8. The molecule has 0 saturated heterocycles. The third kappa shape index (κ3) is 3.77. The van der Waals surface area contributed by atoms with Gasteiger partial charge in [0.1, 0.15) is 5.82 Å². The second-order valence-corrected chi connectivity index (χ2v) is 5.99. The van der Waals surface area contributed by atoms with Gasteiger partial charge in [0.15, 0.2) is 0 Å². The van der Waals surface area contributed by atoms with Crippen molar-refractivity contribution in [3.8, 4) is 0 Å². The summed E-state index contributed by atoms with van der Waals surface area (Å²) in [5.74, 6) is 0.603. The molecule has 0 aromatic heterocycles. The average Bonchev–Trinajstić information content (AvgIpc) is 2.39. The van der Waals surface area contributed by atoms with Crippen LogP contribution in [0.5, 0.6) is 0 Å². The first kappa shape index (κ1) is 14.5. The Hall–Kier alpha value is -0.930. The van der Waals surface area contributed by atoms with Crippen LogP contribution in [-0.4, -0.2) is 24.5 Å². The number of nitrogens with zero attached hydrogens (tertiary/aromatic N) is 1. The molecule has 2 rings (SSSR count). The summed E-state index contributed by atoms with van der Waals surface area (Å²) < 4.78 is 13.7. The van der Waals surface area contributed by atoms with Gasteiger partial charge in [-0.3, -0.25) is 0 Å². The molecular formula is C16H25FN2. The summed E-state index contributed by atoms with van der Waals surface area (Å²) >= 11 is 0. The van der Waals surface area contributed by atoms with Crippen molar-refractivity contribution >= 4 is 0 Å². The molecule has 3 heteroatoms. The molecule has 106 valence electrons. The van der Waals surface area contributed by atoms with Crippen molar-refractivity contribution in [3.63, 3.8) is 0 Å². The number of rotatable bonds is 4. The highest BCUT2D eigenvalue weighted by Crippen LogP contribution is 2.27. The van der Waals surface area contributed by atoms with E-state index in [2.05, 4.69) is 18.9 Å². The largest absolute Gasteiger partial charge is 0.323 e. The molecule has 0 amide bonds. The van der Waals surface area contributed by atoms with Gasteiger partial charge >= 0.3 is 0 Å². The smallest absolute Gasteiger partial charge is 0.128 e. The Morgan fingerprint density at radius 1 is 1.37 bits per heavy atom. The van der Waals surface area contributed by atoms with Crippen LogP contribution in [0.2, 0.25) is 0 Å².